The van der Waals surface area contributed by atoms with Crippen molar-refractivity contribution in [1.29, 1.82) is 0 Å². The Bertz CT molecular complexity index is 1990. The largest absolute Gasteiger partial charge is 0.497 e. The molecule has 4 N–H and O–H groups in total. The molecule has 0 saturated carbocycles. The second kappa shape index (κ2) is 12.9. The average molecular weight is 589 g/mol. The van der Waals surface area contributed by atoms with Crippen molar-refractivity contribution in [2.45, 2.75) is 38.6 Å². The van der Waals surface area contributed by atoms with Gasteiger partial charge >= 0.3 is 0 Å². The van der Waals surface area contributed by atoms with E-state index < -0.39 is 0 Å². The molecule has 3 aromatic heterocycles. The highest BCUT2D eigenvalue weighted by Gasteiger charge is 2.20. The van der Waals surface area contributed by atoms with Crippen LogP contribution in [0.3, 0.4) is 0 Å². The molecule has 3 heterocycles. The molecule has 9 nitrogen and oxygen atoms in total. The first-order valence-corrected chi connectivity index (χ1v) is 14.8. The highest BCUT2D eigenvalue weighted by Crippen LogP contribution is 2.28. The monoisotopic (exact) mass is 588 g/mol. The third-order valence-corrected chi connectivity index (χ3v) is 7.98. The van der Waals surface area contributed by atoms with Crippen LogP contribution in [0.4, 0.5) is 0 Å². The zero-order valence-corrected chi connectivity index (χ0v) is 24.9. The van der Waals surface area contributed by atoms with E-state index in [1.807, 2.05) is 49.5 Å². The summed E-state index contributed by atoms with van der Waals surface area (Å²) in [6, 6.07) is 25.5. The third kappa shape index (κ3) is 6.36. The van der Waals surface area contributed by atoms with E-state index in [0.717, 1.165) is 62.1 Å². The fourth-order valence-corrected chi connectivity index (χ4v) is 5.62. The van der Waals surface area contributed by atoms with E-state index in [4.69, 9.17) is 9.72 Å². The summed E-state index contributed by atoms with van der Waals surface area (Å²) >= 11 is 0. The standard InChI is InChI=1S/C35H36N6O3/c1-23-28(29-20-27(44-2)15-16-30(29)38-23)21-34(42)39-31(11-5-7-17-36-33-12-6-8-18-41(33)43)35-37-22-32(40-35)26-14-13-24-9-3-4-10-25(24)19-26/h3-4,6,8-10,12-16,18-20,22,31,38,43H,5,7,11,17,21H2,1-2H3,(H,37,40)(H,39,42)/t31-/m0/s1. The SMILES string of the molecule is COc1ccc2[nH]c(C)c(CC(=O)N[C@@H](CCCCN=c3ccccn3O)c3ncc(-c4ccc5ccccc5c4)[nH]3)c2c1. The first kappa shape index (κ1) is 28.8. The smallest absolute Gasteiger partial charge is 0.225 e. The lowest BCUT2D eigenvalue weighted by atomic mass is 10.0. The Hall–Kier alpha value is -5.31. The van der Waals surface area contributed by atoms with E-state index in [1.165, 1.54) is 5.39 Å². The molecule has 6 aromatic rings. The van der Waals surface area contributed by atoms with Crippen LogP contribution in [0.15, 0.2) is 96.2 Å². The molecule has 0 aliphatic heterocycles. The minimum absolute atomic E-state index is 0.0826. The van der Waals surface area contributed by atoms with Gasteiger partial charge in [0.2, 0.25) is 5.91 Å². The summed E-state index contributed by atoms with van der Waals surface area (Å²) in [5.74, 6) is 1.38. The predicted molar refractivity (Wildman–Crippen MR) is 172 cm³/mol. The summed E-state index contributed by atoms with van der Waals surface area (Å²) in [5, 5.41) is 16.5. The number of hydrogen-bond donors (Lipinski definition) is 4. The highest BCUT2D eigenvalue weighted by atomic mass is 16.5. The van der Waals surface area contributed by atoms with Crippen molar-refractivity contribution in [2.24, 2.45) is 4.99 Å². The van der Waals surface area contributed by atoms with Crippen molar-refractivity contribution >= 4 is 27.6 Å². The number of carbonyl (C=O) groups is 1. The van der Waals surface area contributed by atoms with Crippen molar-refractivity contribution in [3.8, 4) is 17.0 Å². The summed E-state index contributed by atoms with van der Waals surface area (Å²) in [7, 11) is 1.64. The van der Waals surface area contributed by atoms with Gasteiger partial charge in [0.25, 0.3) is 0 Å². The predicted octanol–water partition coefficient (Wildman–Crippen LogP) is 6.24. The van der Waals surface area contributed by atoms with Gasteiger partial charge in [0.15, 0.2) is 5.49 Å². The first-order valence-electron chi connectivity index (χ1n) is 14.8. The lowest BCUT2D eigenvalue weighted by molar-refractivity contribution is -0.121. The van der Waals surface area contributed by atoms with Crippen molar-refractivity contribution in [3.05, 3.63) is 114 Å². The molecule has 44 heavy (non-hydrogen) atoms. The number of hydrogen-bond acceptors (Lipinski definition) is 5. The average Bonchev–Trinajstić information content (AvgIpc) is 3.65. The number of nitrogens with one attached hydrogen (secondary N) is 3. The van der Waals surface area contributed by atoms with E-state index in [1.54, 1.807) is 25.4 Å². The van der Waals surface area contributed by atoms with Crippen LogP contribution in [0.5, 0.6) is 5.75 Å². The van der Waals surface area contributed by atoms with E-state index >= 15 is 0 Å². The van der Waals surface area contributed by atoms with Crippen molar-refractivity contribution in [3.63, 3.8) is 0 Å². The maximum atomic E-state index is 13.5. The minimum Gasteiger partial charge on any atom is -0.497 e. The molecule has 1 atom stereocenters. The van der Waals surface area contributed by atoms with Gasteiger partial charge < -0.3 is 25.2 Å². The number of aryl methyl sites for hydroxylation is 1. The first-order chi connectivity index (χ1) is 21.5. The summed E-state index contributed by atoms with van der Waals surface area (Å²) < 4.78 is 6.44. The Morgan fingerprint density at radius 3 is 2.70 bits per heavy atom. The topological polar surface area (TPSA) is 120 Å². The van der Waals surface area contributed by atoms with Crippen molar-refractivity contribution < 1.29 is 14.7 Å². The lowest BCUT2D eigenvalue weighted by Crippen LogP contribution is -2.30. The normalized spacial score (nSPS) is 12.5. The van der Waals surface area contributed by atoms with Gasteiger partial charge in [0.1, 0.15) is 11.6 Å². The van der Waals surface area contributed by atoms with Crippen LogP contribution >= 0.6 is 0 Å². The van der Waals surface area contributed by atoms with Gasteiger partial charge in [-0.05, 0) is 78.9 Å². The number of amides is 1. The second-order valence-corrected chi connectivity index (χ2v) is 11.0. The number of benzene rings is 3. The lowest BCUT2D eigenvalue weighted by Gasteiger charge is -2.17. The van der Waals surface area contributed by atoms with E-state index in [9.17, 15) is 10.0 Å². The molecular formula is C35H36N6O3. The molecule has 0 bridgehead atoms. The van der Waals surface area contributed by atoms with Gasteiger partial charge in [-0.3, -0.25) is 9.79 Å². The van der Waals surface area contributed by atoms with Gasteiger partial charge in [0.05, 0.1) is 31.5 Å². The van der Waals surface area contributed by atoms with E-state index in [2.05, 4.69) is 50.6 Å². The van der Waals surface area contributed by atoms with Crippen LogP contribution in [0.2, 0.25) is 0 Å². The number of methoxy groups -OCH3 is 1. The number of aromatic amines is 2. The minimum atomic E-state index is -0.309. The third-order valence-electron chi connectivity index (χ3n) is 7.98. The summed E-state index contributed by atoms with van der Waals surface area (Å²) in [5.41, 5.74) is 5.32. The number of aromatic nitrogens is 4. The van der Waals surface area contributed by atoms with E-state index in [0.29, 0.717) is 24.3 Å². The maximum absolute atomic E-state index is 13.5. The molecule has 0 unspecified atom stereocenters. The van der Waals surface area contributed by atoms with Gasteiger partial charge in [-0.1, -0.05) is 42.5 Å². The van der Waals surface area contributed by atoms with Gasteiger partial charge in [0, 0.05) is 34.9 Å². The summed E-state index contributed by atoms with van der Waals surface area (Å²) in [6.45, 7) is 2.54. The van der Waals surface area contributed by atoms with Crippen LogP contribution < -0.4 is 15.5 Å². The highest BCUT2D eigenvalue weighted by molar-refractivity contribution is 5.91. The molecule has 0 aliphatic rings. The molecule has 0 spiro atoms. The quantitative estimate of drug-likeness (QED) is 0.106. The molecule has 1 amide bonds. The molecule has 0 fully saturated rings. The summed E-state index contributed by atoms with van der Waals surface area (Å²) in [6.07, 6.45) is 5.90. The number of carbonyl (C=O) groups excluding carboxylic acids is 1. The Morgan fingerprint density at radius 1 is 1.02 bits per heavy atom. The number of nitrogens with zero attached hydrogens (tertiary/aromatic N) is 3. The molecule has 0 aliphatic carbocycles. The fourth-order valence-electron chi connectivity index (χ4n) is 5.62. The Labute approximate surface area is 255 Å². The van der Waals surface area contributed by atoms with Crippen LogP contribution in [0, 0.1) is 6.92 Å². The van der Waals surface area contributed by atoms with Gasteiger partial charge in [-0.2, -0.15) is 4.73 Å². The Morgan fingerprint density at radius 2 is 1.86 bits per heavy atom. The zero-order valence-electron chi connectivity index (χ0n) is 24.9. The van der Waals surface area contributed by atoms with Crippen LogP contribution in [-0.2, 0) is 11.2 Å². The number of pyridine rings is 1. The molecule has 224 valence electrons. The number of imidazole rings is 1. The molecular weight excluding hydrogens is 552 g/mol. The van der Waals surface area contributed by atoms with Crippen molar-refractivity contribution in [1.82, 2.24) is 25.0 Å². The molecule has 9 heteroatoms. The van der Waals surface area contributed by atoms with Crippen LogP contribution in [0.1, 0.15) is 42.4 Å². The maximum Gasteiger partial charge on any atom is 0.225 e. The fraction of sp³-hybridized carbons (Fsp3) is 0.229. The summed E-state index contributed by atoms with van der Waals surface area (Å²) in [4.78, 5) is 29.6. The second-order valence-electron chi connectivity index (χ2n) is 11.0. The number of fused-ring (bicyclic) bond motifs is 2. The van der Waals surface area contributed by atoms with Gasteiger partial charge in [-0.15, -0.1) is 0 Å². The number of unbranched alkanes of at least 4 members (excludes halogenated alkanes) is 1. The van der Waals surface area contributed by atoms with E-state index in [-0.39, 0.29) is 18.4 Å². The number of H-pyrrole nitrogens is 2. The van der Waals surface area contributed by atoms with Crippen LogP contribution in [-0.4, -0.2) is 44.5 Å². The molecule has 0 saturated heterocycles. The zero-order chi connectivity index (χ0) is 30.5. The number of ether oxygens (including phenoxy) is 1. The molecule has 3 aromatic carbocycles. The molecule has 0 radical (unpaired) electrons. The number of rotatable bonds is 11. The Kier molecular flexibility index (Phi) is 8.45. The molecule has 6 rings (SSSR count). The van der Waals surface area contributed by atoms with Gasteiger partial charge in [-0.25, -0.2) is 4.98 Å². The Balaban J connectivity index is 1.21. The van der Waals surface area contributed by atoms with Crippen molar-refractivity contribution in [2.75, 3.05) is 13.7 Å². The van der Waals surface area contributed by atoms with Crippen LogP contribution in [0.25, 0.3) is 32.9 Å².